The minimum Gasteiger partial charge on any atom is -0.475 e. The summed E-state index contributed by atoms with van der Waals surface area (Å²) in [7, 11) is 0. The van der Waals surface area contributed by atoms with Crippen LogP contribution >= 0.6 is 11.8 Å². The molecule has 0 spiro atoms. The van der Waals surface area contributed by atoms with Gasteiger partial charge in [0.2, 0.25) is 5.76 Å². The number of hydrogen-bond acceptors (Lipinski definition) is 7. The average Bonchev–Trinajstić information content (AvgIpc) is 3.39. The van der Waals surface area contributed by atoms with Crippen molar-refractivity contribution in [2.45, 2.75) is 0 Å². The summed E-state index contributed by atoms with van der Waals surface area (Å²) in [5, 5.41) is 13.4. The number of nitrogens with one attached hydrogen (secondary N) is 2. The number of fused-ring (bicyclic) bond motifs is 1. The van der Waals surface area contributed by atoms with E-state index >= 15 is 0 Å². The summed E-state index contributed by atoms with van der Waals surface area (Å²) in [4.78, 5) is 34.4. The molecule has 172 valence electrons. The molecule has 0 radical (unpaired) electrons. The number of aromatic carboxylic acids is 1. The Kier molecular flexibility index (Phi) is 5.92. The third-order valence-electron chi connectivity index (χ3n) is 5.43. The van der Waals surface area contributed by atoms with E-state index in [2.05, 4.69) is 25.5 Å². The molecule has 2 aromatic carbocycles. The molecule has 35 heavy (non-hydrogen) atoms. The molecule has 3 aromatic heterocycles. The molecule has 0 saturated carbocycles. The molecule has 0 atom stereocenters. The van der Waals surface area contributed by atoms with E-state index in [0.29, 0.717) is 27.9 Å². The number of halogens is 1. The number of carbonyl (C=O) groups excluding carboxylic acids is 1. The first kappa shape index (κ1) is 22.2. The van der Waals surface area contributed by atoms with E-state index in [0.717, 1.165) is 22.3 Å². The molecule has 0 saturated heterocycles. The van der Waals surface area contributed by atoms with Crippen molar-refractivity contribution in [2.75, 3.05) is 0 Å². The second-order valence-corrected chi connectivity index (χ2v) is 7.72. The van der Waals surface area contributed by atoms with Gasteiger partial charge >= 0.3 is 5.97 Å². The van der Waals surface area contributed by atoms with E-state index in [9.17, 15) is 9.59 Å². The SMILES string of the molecule is O=C(O)c1cc(-c2ccc(-c3ccc(-c4cc(C(=O)NNCl)c5cnccc5n4)cc3)cc2)no1. The van der Waals surface area contributed by atoms with Crippen LogP contribution in [0.1, 0.15) is 20.9 Å². The number of aromatic nitrogens is 3. The molecule has 0 aliphatic heterocycles. The largest absolute Gasteiger partial charge is 0.475 e. The molecule has 0 aliphatic rings. The minimum absolute atomic E-state index is 0.210. The molecule has 9 nitrogen and oxygen atoms in total. The van der Waals surface area contributed by atoms with E-state index in [4.69, 9.17) is 21.4 Å². The van der Waals surface area contributed by atoms with E-state index in [1.54, 1.807) is 24.5 Å². The number of hydrazine groups is 1. The minimum atomic E-state index is -1.17. The Morgan fingerprint density at radius 2 is 1.49 bits per heavy atom. The second kappa shape index (κ2) is 9.34. The van der Waals surface area contributed by atoms with Crippen LogP contribution in [-0.4, -0.2) is 32.1 Å². The third-order valence-corrected chi connectivity index (χ3v) is 5.53. The lowest BCUT2D eigenvalue weighted by Crippen LogP contribution is -2.30. The van der Waals surface area contributed by atoms with Crippen LogP contribution in [0.5, 0.6) is 0 Å². The van der Waals surface area contributed by atoms with Crippen LogP contribution < -0.4 is 10.4 Å². The van der Waals surface area contributed by atoms with Crippen molar-refractivity contribution >= 4 is 34.6 Å². The van der Waals surface area contributed by atoms with Crippen LogP contribution in [0.2, 0.25) is 0 Å². The lowest BCUT2D eigenvalue weighted by molar-refractivity contribution is 0.0652. The first-order valence-electron chi connectivity index (χ1n) is 10.4. The predicted octanol–water partition coefficient (Wildman–Crippen LogP) is 4.71. The van der Waals surface area contributed by atoms with Crippen LogP contribution in [0, 0.1) is 0 Å². The monoisotopic (exact) mass is 485 g/mol. The predicted molar refractivity (Wildman–Crippen MR) is 129 cm³/mol. The van der Waals surface area contributed by atoms with Gasteiger partial charge < -0.3 is 9.63 Å². The smallest absolute Gasteiger partial charge is 0.374 e. The van der Waals surface area contributed by atoms with Gasteiger partial charge in [-0.3, -0.25) is 15.2 Å². The van der Waals surface area contributed by atoms with E-state index in [-0.39, 0.29) is 5.76 Å². The van der Waals surface area contributed by atoms with Crippen LogP contribution in [-0.2, 0) is 0 Å². The summed E-state index contributed by atoms with van der Waals surface area (Å²) in [5.74, 6) is -1.78. The first-order valence-corrected chi connectivity index (χ1v) is 10.7. The number of benzene rings is 2. The molecule has 0 unspecified atom stereocenters. The van der Waals surface area contributed by atoms with Crippen LogP contribution in [0.4, 0.5) is 0 Å². The van der Waals surface area contributed by atoms with Gasteiger partial charge in [0, 0.05) is 35.0 Å². The number of hydrogen-bond donors (Lipinski definition) is 3. The Labute approximate surface area is 203 Å². The van der Waals surface area contributed by atoms with Crippen molar-refractivity contribution in [2.24, 2.45) is 0 Å². The van der Waals surface area contributed by atoms with E-state index < -0.39 is 11.9 Å². The van der Waals surface area contributed by atoms with Gasteiger partial charge in [0.15, 0.2) is 0 Å². The maximum absolute atomic E-state index is 12.5. The maximum atomic E-state index is 12.5. The molecule has 1 amide bonds. The Morgan fingerprint density at radius 3 is 2.09 bits per heavy atom. The van der Waals surface area contributed by atoms with Gasteiger partial charge in [0.05, 0.1) is 16.8 Å². The first-order chi connectivity index (χ1) is 17.0. The van der Waals surface area contributed by atoms with Gasteiger partial charge in [-0.15, -0.1) is 4.94 Å². The molecular weight excluding hydrogens is 470 g/mol. The van der Waals surface area contributed by atoms with Crippen molar-refractivity contribution in [3.05, 3.63) is 90.4 Å². The molecule has 0 fully saturated rings. The number of rotatable bonds is 6. The Hall–Kier alpha value is -4.60. The number of pyridine rings is 2. The summed E-state index contributed by atoms with van der Waals surface area (Å²) >= 11 is 5.44. The van der Waals surface area contributed by atoms with Gasteiger partial charge in [0.25, 0.3) is 5.91 Å². The molecular formula is C25H16ClN5O4. The summed E-state index contributed by atoms with van der Waals surface area (Å²) in [5.41, 5.74) is 7.99. The van der Waals surface area contributed by atoms with Gasteiger partial charge in [-0.2, -0.15) is 0 Å². The van der Waals surface area contributed by atoms with Crippen LogP contribution in [0.15, 0.2) is 83.6 Å². The molecule has 3 heterocycles. The highest BCUT2D eigenvalue weighted by Gasteiger charge is 2.15. The average molecular weight is 486 g/mol. The summed E-state index contributed by atoms with van der Waals surface area (Å²) < 4.78 is 4.82. The Morgan fingerprint density at radius 1 is 0.857 bits per heavy atom. The number of carboxylic acids is 1. The lowest BCUT2D eigenvalue weighted by atomic mass is 9.99. The van der Waals surface area contributed by atoms with Gasteiger partial charge in [-0.1, -0.05) is 53.7 Å². The van der Waals surface area contributed by atoms with Crippen molar-refractivity contribution in [1.29, 1.82) is 0 Å². The number of nitrogens with zero attached hydrogens (tertiary/aromatic N) is 3. The summed E-state index contributed by atoms with van der Waals surface area (Å²) in [6, 6.07) is 20.1. The summed E-state index contributed by atoms with van der Waals surface area (Å²) in [6.45, 7) is 0. The van der Waals surface area contributed by atoms with Crippen LogP contribution in [0.3, 0.4) is 0 Å². The third kappa shape index (κ3) is 4.45. The van der Waals surface area contributed by atoms with Crippen LogP contribution in [0.25, 0.3) is 44.5 Å². The number of amides is 1. The molecule has 5 rings (SSSR count). The fourth-order valence-corrected chi connectivity index (χ4v) is 3.78. The van der Waals surface area contributed by atoms with E-state index in [1.165, 1.54) is 6.07 Å². The molecule has 10 heteroatoms. The van der Waals surface area contributed by atoms with Crippen molar-refractivity contribution in [3.8, 4) is 33.6 Å². The Bertz CT molecular complexity index is 1550. The number of carboxylic acid groups (broad SMARTS) is 1. The molecule has 0 aliphatic carbocycles. The fraction of sp³-hybridized carbons (Fsp3) is 0. The number of carbonyl (C=O) groups is 2. The van der Waals surface area contributed by atoms with Crippen molar-refractivity contribution in [1.82, 2.24) is 25.5 Å². The normalized spacial score (nSPS) is 10.9. The van der Waals surface area contributed by atoms with Gasteiger partial charge in [0.1, 0.15) is 5.69 Å². The topological polar surface area (TPSA) is 130 Å². The van der Waals surface area contributed by atoms with Crippen molar-refractivity contribution in [3.63, 3.8) is 0 Å². The highest BCUT2D eigenvalue weighted by molar-refractivity contribution is 6.15. The Balaban J connectivity index is 1.44. The van der Waals surface area contributed by atoms with Gasteiger partial charge in [-0.25, -0.2) is 9.78 Å². The maximum Gasteiger partial charge on any atom is 0.374 e. The second-order valence-electron chi connectivity index (χ2n) is 7.53. The highest BCUT2D eigenvalue weighted by Crippen LogP contribution is 2.29. The molecule has 5 aromatic rings. The zero-order chi connectivity index (χ0) is 24.4. The standard InChI is InChI=1S/C25H16ClN5O4/c26-31-29-24(32)18-11-21(28-20-9-10-27-13-19(18)20)16-5-1-14(2-6-16)15-3-7-17(8-4-15)22-12-23(25(33)34)35-30-22/h1-13,31H,(H,29,32)(H,33,34). The zero-order valence-corrected chi connectivity index (χ0v) is 18.7. The quantitative estimate of drug-likeness (QED) is 0.233. The summed E-state index contributed by atoms with van der Waals surface area (Å²) in [6.07, 6.45) is 3.21. The fourth-order valence-electron chi connectivity index (χ4n) is 3.69. The molecule has 3 N–H and O–H groups in total. The van der Waals surface area contributed by atoms with E-state index in [1.807, 2.05) is 48.5 Å². The lowest BCUT2D eigenvalue weighted by Gasteiger charge is -2.10. The molecule has 0 bridgehead atoms. The van der Waals surface area contributed by atoms with Crippen molar-refractivity contribution < 1.29 is 19.2 Å². The zero-order valence-electron chi connectivity index (χ0n) is 17.9. The van der Waals surface area contributed by atoms with Gasteiger partial charge in [-0.05, 0) is 35.0 Å². The highest BCUT2D eigenvalue weighted by atomic mass is 35.5.